The number of carbonyl (C=O) groups excluding carboxylic acids is 1. The zero-order valence-electron chi connectivity index (χ0n) is 18.1. The topological polar surface area (TPSA) is 102 Å². The zero-order chi connectivity index (χ0) is 22.3. The summed E-state index contributed by atoms with van der Waals surface area (Å²) in [5.74, 6) is 1.75. The van der Waals surface area contributed by atoms with Crippen molar-refractivity contribution in [3.8, 4) is 5.75 Å². The Kier molecular flexibility index (Phi) is 7.23. The van der Waals surface area contributed by atoms with Gasteiger partial charge < -0.3 is 14.4 Å². The number of amides is 1. The largest absolute Gasteiger partial charge is 0.497 e. The third-order valence-corrected chi connectivity index (χ3v) is 6.16. The highest BCUT2D eigenvalue weighted by Gasteiger charge is 2.26. The predicted molar refractivity (Wildman–Crippen MR) is 122 cm³/mol. The summed E-state index contributed by atoms with van der Waals surface area (Å²) in [6, 6.07) is 11.2. The Morgan fingerprint density at radius 1 is 1.28 bits per heavy atom. The third kappa shape index (κ3) is 5.38. The number of nitrogens with one attached hydrogen (secondary N) is 1. The van der Waals surface area contributed by atoms with E-state index in [1.807, 2.05) is 37.3 Å². The Bertz CT molecular complexity index is 1030. The average Bonchev–Trinajstić information content (AvgIpc) is 3.48. The molecule has 0 bridgehead atoms. The van der Waals surface area contributed by atoms with Crippen LogP contribution in [0.5, 0.6) is 5.75 Å². The van der Waals surface area contributed by atoms with E-state index in [4.69, 9.17) is 9.47 Å². The highest BCUT2D eigenvalue weighted by atomic mass is 32.1. The molecular formula is C22H26N6O3S. The lowest BCUT2D eigenvalue weighted by atomic mass is 10.1. The molecule has 1 aliphatic heterocycles. The number of methoxy groups -OCH3 is 1. The smallest absolute Gasteiger partial charge is 0.259 e. The SMILES string of the molecule is CCO[C@H](C(=O)Nc1nnc(C[C@@H]2CCN(c3cccnn3)C2)s1)c1cccc(OC)c1. The molecule has 2 aromatic heterocycles. The van der Waals surface area contributed by atoms with Crippen LogP contribution in [0.4, 0.5) is 10.9 Å². The van der Waals surface area contributed by atoms with Gasteiger partial charge in [-0.2, -0.15) is 5.10 Å². The van der Waals surface area contributed by atoms with Crippen molar-refractivity contribution in [3.05, 3.63) is 53.2 Å². The van der Waals surface area contributed by atoms with Crippen LogP contribution in [0.1, 0.15) is 30.0 Å². The second-order valence-electron chi connectivity index (χ2n) is 7.49. The van der Waals surface area contributed by atoms with E-state index in [1.54, 1.807) is 19.4 Å². The van der Waals surface area contributed by atoms with Crippen molar-refractivity contribution in [2.24, 2.45) is 5.92 Å². The summed E-state index contributed by atoms with van der Waals surface area (Å²) < 4.78 is 11.0. The molecule has 1 saturated heterocycles. The molecule has 0 aliphatic carbocycles. The van der Waals surface area contributed by atoms with E-state index in [1.165, 1.54) is 11.3 Å². The van der Waals surface area contributed by atoms with Crippen molar-refractivity contribution in [1.82, 2.24) is 20.4 Å². The normalized spacial score (nSPS) is 16.7. The first-order valence-corrected chi connectivity index (χ1v) is 11.4. The Morgan fingerprint density at radius 3 is 2.97 bits per heavy atom. The summed E-state index contributed by atoms with van der Waals surface area (Å²) in [5.41, 5.74) is 0.725. The predicted octanol–water partition coefficient (Wildman–Crippen LogP) is 3.12. The van der Waals surface area contributed by atoms with E-state index >= 15 is 0 Å². The van der Waals surface area contributed by atoms with Crippen LogP contribution in [-0.4, -0.2) is 53.1 Å². The number of nitrogens with zero attached hydrogens (tertiary/aromatic N) is 5. The first kappa shape index (κ1) is 22.1. The maximum atomic E-state index is 12.9. The van der Waals surface area contributed by atoms with Gasteiger partial charge in [-0.05, 0) is 49.1 Å². The molecule has 10 heteroatoms. The lowest BCUT2D eigenvalue weighted by molar-refractivity contribution is -0.127. The van der Waals surface area contributed by atoms with Crippen LogP contribution in [0.2, 0.25) is 0 Å². The fourth-order valence-electron chi connectivity index (χ4n) is 3.77. The summed E-state index contributed by atoms with van der Waals surface area (Å²) in [6.45, 7) is 4.11. The fraction of sp³-hybridized carbons (Fsp3) is 0.409. The lowest BCUT2D eigenvalue weighted by Gasteiger charge is -2.16. The van der Waals surface area contributed by atoms with Crippen LogP contribution in [0.25, 0.3) is 0 Å². The Morgan fingerprint density at radius 2 is 2.19 bits per heavy atom. The third-order valence-electron chi connectivity index (χ3n) is 5.30. The van der Waals surface area contributed by atoms with Crippen LogP contribution < -0.4 is 15.0 Å². The maximum absolute atomic E-state index is 12.9. The minimum absolute atomic E-state index is 0.280. The first-order chi connectivity index (χ1) is 15.7. The van der Waals surface area contributed by atoms with E-state index < -0.39 is 6.10 Å². The summed E-state index contributed by atoms with van der Waals surface area (Å²) in [7, 11) is 1.59. The van der Waals surface area contributed by atoms with E-state index in [2.05, 4.69) is 30.6 Å². The van der Waals surface area contributed by atoms with E-state index in [0.29, 0.717) is 23.4 Å². The molecule has 4 rings (SSSR count). The number of rotatable bonds is 9. The zero-order valence-corrected chi connectivity index (χ0v) is 18.9. The standard InChI is InChI=1S/C22H26N6O3S/c1-3-31-20(16-6-4-7-17(13-16)30-2)21(29)24-22-27-26-19(32-22)12-15-9-11-28(14-15)18-8-5-10-23-25-18/h4-8,10,13,15,20H,3,9,11-12,14H2,1-2H3,(H,24,27,29)/t15-,20-/m0/s1. The molecule has 32 heavy (non-hydrogen) atoms. The van der Waals surface area contributed by atoms with Gasteiger partial charge in [-0.25, -0.2) is 0 Å². The minimum atomic E-state index is -0.752. The molecule has 1 amide bonds. The van der Waals surface area contributed by atoms with Gasteiger partial charge in [0.2, 0.25) is 5.13 Å². The summed E-state index contributed by atoms with van der Waals surface area (Å²) >= 11 is 1.40. The first-order valence-electron chi connectivity index (χ1n) is 10.6. The molecule has 0 saturated carbocycles. The molecule has 1 aromatic carbocycles. The van der Waals surface area contributed by atoms with Crippen molar-refractivity contribution >= 4 is 28.2 Å². The number of benzene rings is 1. The molecule has 9 nitrogen and oxygen atoms in total. The maximum Gasteiger partial charge on any atom is 0.259 e. The van der Waals surface area contributed by atoms with Gasteiger partial charge in [-0.3, -0.25) is 10.1 Å². The van der Waals surface area contributed by atoms with E-state index in [0.717, 1.165) is 42.3 Å². The quantitative estimate of drug-likeness (QED) is 0.526. The van der Waals surface area contributed by atoms with E-state index in [9.17, 15) is 4.79 Å². The van der Waals surface area contributed by atoms with Gasteiger partial charge in [0.1, 0.15) is 10.8 Å². The molecule has 3 heterocycles. The van der Waals surface area contributed by atoms with Gasteiger partial charge in [-0.15, -0.1) is 15.3 Å². The number of carbonyl (C=O) groups is 1. The van der Waals surface area contributed by atoms with Gasteiger partial charge in [-0.1, -0.05) is 23.5 Å². The molecule has 0 spiro atoms. The number of ether oxygens (including phenoxy) is 2. The molecule has 2 atom stereocenters. The van der Waals surface area contributed by atoms with Crippen molar-refractivity contribution in [2.75, 3.05) is 37.0 Å². The molecule has 3 aromatic rings. The number of anilines is 2. The van der Waals surface area contributed by atoms with Crippen LogP contribution in [-0.2, 0) is 16.0 Å². The summed E-state index contributed by atoms with van der Waals surface area (Å²) in [5, 5.41) is 20.8. The van der Waals surface area contributed by atoms with Crippen molar-refractivity contribution in [3.63, 3.8) is 0 Å². The van der Waals surface area contributed by atoms with Gasteiger partial charge >= 0.3 is 0 Å². The van der Waals surface area contributed by atoms with Crippen molar-refractivity contribution < 1.29 is 14.3 Å². The van der Waals surface area contributed by atoms with Gasteiger partial charge in [0.15, 0.2) is 11.9 Å². The second-order valence-corrected chi connectivity index (χ2v) is 8.55. The molecule has 1 fully saturated rings. The van der Waals surface area contributed by atoms with Crippen LogP contribution in [0.3, 0.4) is 0 Å². The molecule has 168 valence electrons. The highest BCUT2D eigenvalue weighted by molar-refractivity contribution is 7.15. The summed E-state index contributed by atoms with van der Waals surface area (Å²) in [6.07, 6.45) is 2.80. The van der Waals surface area contributed by atoms with Crippen LogP contribution in [0, 0.1) is 5.92 Å². The monoisotopic (exact) mass is 454 g/mol. The Labute approximate surface area is 190 Å². The molecule has 0 radical (unpaired) electrons. The van der Waals surface area contributed by atoms with Crippen LogP contribution >= 0.6 is 11.3 Å². The Balaban J connectivity index is 1.36. The van der Waals surface area contributed by atoms with Gasteiger partial charge in [0, 0.05) is 32.3 Å². The van der Waals surface area contributed by atoms with Crippen molar-refractivity contribution in [2.45, 2.75) is 25.9 Å². The van der Waals surface area contributed by atoms with Gasteiger partial charge in [0.25, 0.3) is 5.91 Å². The molecule has 0 unspecified atom stereocenters. The van der Waals surface area contributed by atoms with E-state index in [-0.39, 0.29) is 5.91 Å². The molecular weight excluding hydrogens is 428 g/mol. The molecule has 1 N–H and O–H groups in total. The Hall–Kier alpha value is -3.11. The average molecular weight is 455 g/mol. The highest BCUT2D eigenvalue weighted by Crippen LogP contribution is 2.28. The summed E-state index contributed by atoms with van der Waals surface area (Å²) in [4.78, 5) is 15.1. The lowest BCUT2D eigenvalue weighted by Crippen LogP contribution is -2.23. The van der Waals surface area contributed by atoms with Crippen molar-refractivity contribution in [1.29, 1.82) is 0 Å². The number of hydrogen-bond acceptors (Lipinski definition) is 9. The molecule has 1 aliphatic rings. The minimum Gasteiger partial charge on any atom is -0.497 e. The number of aromatic nitrogens is 4. The van der Waals surface area contributed by atoms with Crippen LogP contribution in [0.15, 0.2) is 42.6 Å². The second kappa shape index (κ2) is 10.5. The fourth-order valence-corrected chi connectivity index (χ4v) is 4.63. The van der Waals surface area contributed by atoms with Gasteiger partial charge in [0.05, 0.1) is 7.11 Å². The number of hydrogen-bond donors (Lipinski definition) is 1.